The average molecular weight is 703 g/mol. The van der Waals surface area contributed by atoms with E-state index < -0.39 is 115 Å². The standard InChI is InChI=1S/C30H54N8O11/c1-13(2)8-17(26(44)36-18(9-14(3)4)28(46)38-24(15(5)6)30(48)49)35-27(45)19(10-21(31)41)34-22(42)11-33-25(43)20(12-39)37-29(47)23(32)16(7)40/h13-20,23-24,39-40H,8-12,32H2,1-7H3,(H2,31,41)(H,33,43)(H,34,42)(H,35,45)(H,36,44)(H,37,47)(H,38,46)(H,48,49)/t16-,17+,18+,19+,20+,23+,24+/m1/s1. The molecule has 0 heterocycles. The lowest BCUT2D eigenvalue weighted by molar-refractivity contribution is -0.143. The van der Waals surface area contributed by atoms with E-state index in [1.165, 1.54) is 6.92 Å². The predicted octanol–water partition coefficient (Wildman–Crippen LogP) is -4.06. The summed E-state index contributed by atoms with van der Waals surface area (Å²) < 4.78 is 0. The van der Waals surface area contributed by atoms with Gasteiger partial charge in [0.05, 0.1) is 25.7 Å². The number of primary amides is 1. The monoisotopic (exact) mass is 702 g/mol. The molecular weight excluding hydrogens is 648 g/mol. The molecule has 13 N–H and O–H groups in total. The Labute approximate surface area is 285 Å². The van der Waals surface area contributed by atoms with Crippen LogP contribution in [0.5, 0.6) is 0 Å². The minimum Gasteiger partial charge on any atom is -0.480 e. The van der Waals surface area contributed by atoms with Gasteiger partial charge in [-0.2, -0.15) is 0 Å². The number of carbonyl (C=O) groups excluding carboxylic acids is 7. The molecule has 19 nitrogen and oxygen atoms in total. The lowest BCUT2D eigenvalue weighted by Crippen LogP contribution is -2.59. The summed E-state index contributed by atoms with van der Waals surface area (Å²) >= 11 is 0. The van der Waals surface area contributed by atoms with Crippen molar-refractivity contribution in [1.82, 2.24) is 31.9 Å². The van der Waals surface area contributed by atoms with Gasteiger partial charge in [0.1, 0.15) is 36.3 Å². The van der Waals surface area contributed by atoms with Gasteiger partial charge in [-0.15, -0.1) is 0 Å². The Morgan fingerprint density at radius 2 is 1.08 bits per heavy atom. The van der Waals surface area contributed by atoms with Crippen LogP contribution in [0, 0.1) is 17.8 Å². The number of aliphatic hydroxyl groups is 2. The van der Waals surface area contributed by atoms with Crippen LogP contribution in [0.25, 0.3) is 0 Å². The van der Waals surface area contributed by atoms with E-state index in [0.717, 1.165) is 0 Å². The smallest absolute Gasteiger partial charge is 0.326 e. The fraction of sp³-hybridized carbons (Fsp3) is 0.733. The van der Waals surface area contributed by atoms with Crippen LogP contribution < -0.4 is 43.4 Å². The predicted molar refractivity (Wildman–Crippen MR) is 175 cm³/mol. The van der Waals surface area contributed by atoms with Gasteiger partial charge in [-0.1, -0.05) is 41.5 Å². The summed E-state index contributed by atoms with van der Waals surface area (Å²) in [6, 6.07) is -8.16. The van der Waals surface area contributed by atoms with Crippen LogP contribution in [-0.2, 0) is 38.4 Å². The number of carboxylic acids is 1. The number of carbonyl (C=O) groups is 8. The number of carboxylic acid groups (broad SMARTS) is 1. The number of aliphatic hydroxyl groups excluding tert-OH is 2. The molecule has 0 saturated heterocycles. The van der Waals surface area contributed by atoms with Crippen LogP contribution in [0.1, 0.15) is 67.7 Å². The van der Waals surface area contributed by atoms with Crippen LogP contribution in [0.4, 0.5) is 0 Å². The van der Waals surface area contributed by atoms with Crippen molar-refractivity contribution in [2.75, 3.05) is 13.2 Å². The van der Waals surface area contributed by atoms with E-state index in [1.54, 1.807) is 41.5 Å². The topological polar surface area (TPSA) is 321 Å². The molecule has 0 spiro atoms. The first kappa shape index (κ1) is 44.6. The number of rotatable bonds is 22. The van der Waals surface area contributed by atoms with Crippen molar-refractivity contribution in [1.29, 1.82) is 0 Å². The maximum absolute atomic E-state index is 13.4. The number of amides is 7. The quantitative estimate of drug-likeness (QED) is 0.0513. The molecule has 0 radical (unpaired) electrons. The number of aliphatic carboxylic acids is 1. The zero-order valence-corrected chi connectivity index (χ0v) is 29.1. The van der Waals surface area contributed by atoms with Crippen molar-refractivity contribution in [3.05, 3.63) is 0 Å². The summed E-state index contributed by atoms with van der Waals surface area (Å²) in [6.45, 7) is 9.93. The molecule has 19 heteroatoms. The molecule has 0 bridgehead atoms. The second kappa shape index (κ2) is 21.6. The molecule has 0 aliphatic rings. The zero-order chi connectivity index (χ0) is 38.2. The van der Waals surface area contributed by atoms with Gasteiger partial charge in [0.15, 0.2) is 0 Å². The van der Waals surface area contributed by atoms with Gasteiger partial charge in [-0.05, 0) is 37.5 Å². The van der Waals surface area contributed by atoms with Gasteiger partial charge in [-0.3, -0.25) is 33.6 Å². The van der Waals surface area contributed by atoms with E-state index in [2.05, 4.69) is 31.9 Å². The summed E-state index contributed by atoms with van der Waals surface area (Å²) in [7, 11) is 0. The molecule has 280 valence electrons. The molecule has 0 fully saturated rings. The number of nitrogens with one attached hydrogen (secondary N) is 6. The first-order chi connectivity index (χ1) is 22.6. The molecule has 0 aromatic carbocycles. The maximum atomic E-state index is 13.4. The first-order valence-corrected chi connectivity index (χ1v) is 15.9. The first-order valence-electron chi connectivity index (χ1n) is 15.9. The Balaban J connectivity index is 5.79. The molecule has 49 heavy (non-hydrogen) atoms. The van der Waals surface area contributed by atoms with Gasteiger partial charge >= 0.3 is 5.97 Å². The van der Waals surface area contributed by atoms with Crippen molar-refractivity contribution in [3.63, 3.8) is 0 Å². The SMILES string of the molecule is CC(C)C[C@H](NC(=O)[C@H](CC(N)=O)NC(=O)CNC(=O)[C@H](CO)NC(=O)[C@@H](N)[C@@H](C)O)C(=O)N[C@@H](CC(C)C)C(=O)N[C@H](C(=O)O)C(C)C. The fourth-order valence-electron chi connectivity index (χ4n) is 4.35. The van der Waals surface area contributed by atoms with E-state index in [4.69, 9.17) is 11.5 Å². The molecule has 0 saturated carbocycles. The highest BCUT2D eigenvalue weighted by atomic mass is 16.4. The summed E-state index contributed by atoms with van der Waals surface area (Å²) in [6.07, 6.45) is -1.74. The Bertz CT molecular complexity index is 1180. The van der Waals surface area contributed by atoms with Crippen molar-refractivity contribution >= 4 is 47.3 Å². The Kier molecular flexibility index (Phi) is 19.7. The van der Waals surface area contributed by atoms with Gasteiger partial charge < -0.3 is 58.7 Å². The van der Waals surface area contributed by atoms with Crippen molar-refractivity contribution in [2.45, 2.75) is 110 Å². The van der Waals surface area contributed by atoms with Crippen molar-refractivity contribution in [2.24, 2.45) is 29.2 Å². The van der Waals surface area contributed by atoms with Crippen LogP contribution in [0.2, 0.25) is 0 Å². The van der Waals surface area contributed by atoms with E-state index in [1.807, 2.05) is 0 Å². The molecule has 7 atom stereocenters. The molecule has 0 aliphatic heterocycles. The van der Waals surface area contributed by atoms with Crippen molar-refractivity contribution < 1.29 is 53.7 Å². The van der Waals surface area contributed by atoms with Gasteiger partial charge in [-0.25, -0.2) is 4.79 Å². The third-order valence-corrected chi connectivity index (χ3v) is 7.03. The molecule has 0 unspecified atom stereocenters. The lowest BCUT2D eigenvalue weighted by Gasteiger charge is -2.28. The minimum absolute atomic E-state index is 0.0671. The van der Waals surface area contributed by atoms with Gasteiger partial charge in [0.25, 0.3) is 0 Å². The second-order valence-electron chi connectivity index (χ2n) is 13.0. The lowest BCUT2D eigenvalue weighted by atomic mass is 9.98. The summed E-state index contributed by atoms with van der Waals surface area (Å²) in [4.78, 5) is 100. The maximum Gasteiger partial charge on any atom is 0.326 e. The summed E-state index contributed by atoms with van der Waals surface area (Å²) in [5, 5.41) is 42.4. The Hall–Kier alpha value is -4.36. The van der Waals surface area contributed by atoms with E-state index in [9.17, 15) is 53.7 Å². The van der Waals surface area contributed by atoms with Crippen LogP contribution in [0.3, 0.4) is 0 Å². The fourth-order valence-corrected chi connectivity index (χ4v) is 4.35. The molecule has 0 aromatic rings. The third-order valence-electron chi connectivity index (χ3n) is 7.03. The third kappa shape index (κ3) is 17.0. The highest BCUT2D eigenvalue weighted by Crippen LogP contribution is 2.11. The summed E-state index contributed by atoms with van der Waals surface area (Å²) in [5.74, 6) is -8.36. The Morgan fingerprint density at radius 3 is 1.47 bits per heavy atom. The largest absolute Gasteiger partial charge is 0.480 e. The van der Waals surface area contributed by atoms with Crippen molar-refractivity contribution in [3.8, 4) is 0 Å². The van der Waals surface area contributed by atoms with Crippen LogP contribution in [-0.4, -0.2) is 118 Å². The Morgan fingerprint density at radius 1 is 0.633 bits per heavy atom. The summed E-state index contributed by atoms with van der Waals surface area (Å²) in [5.41, 5.74) is 10.8. The average Bonchev–Trinajstić information content (AvgIpc) is 2.98. The highest BCUT2D eigenvalue weighted by Gasteiger charge is 2.33. The number of nitrogens with two attached hydrogens (primary N) is 2. The van der Waals surface area contributed by atoms with Crippen LogP contribution >= 0.6 is 0 Å². The second-order valence-corrected chi connectivity index (χ2v) is 13.0. The van der Waals surface area contributed by atoms with E-state index in [-0.39, 0.29) is 24.7 Å². The van der Waals surface area contributed by atoms with Gasteiger partial charge in [0.2, 0.25) is 41.4 Å². The normalized spacial score (nSPS) is 15.5. The molecular formula is C30H54N8O11. The molecule has 7 amide bonds. The van der Waals surface area contributed by atoms with E-state index >= 15 is 0 Å². The zero-order valence-electron chi connectivity index (χ0n) is 29.1. The minimum atomic E-state index is -1.60. The highest BCUT2D eigenvalue weighted by molar-refractivity contribution is 5.97. The van der Waals surface area contributed by atoms with Crippen LogP contribution in [0.15, 0.2) is 0 Å². The van der Waals surface area contributed by atoms with E-state index in [0.29, 0.717) is 0 Å². The molecule has 0 aromatic heterocycles. The molecule has 0 rings (SSSR count). The van der Waals surface area contributed by atoms with Gasteiger partial charge in [0, 0.05) is 0 Å². The molecule has 0 aliphatic carbocycles. The number of hydrogen-bond donors (Lipinski definition) is 11. The number of hydrogen-bond acceptors (Lipinski definition) is 11.